The van der Waals surface area contributed by atoms with Crippen molar-refractivity contribution in [2.45, 2.75) is 32.5 Å². The number of hydrogen-bond donors (Lipinski definition) is 2. The minimum Gasteiger partial charge on any atom is -0.395 e. The zero-order valence-corrected chi connectivity index (χ0v) is 14.5. The molecule has 7 heteroatoms. The number of hydrogen-bond acceptors (Lipinski definition) is 3. The Hall–Kier alpha value is -1.60. The van der Waals surface area contributed by atoms with Crippen LogP contribution in [-0.4, -0.2) is 48.2 Å². The highest BCUT2D eigenvalue weighted by atomic mass is 19.4. The van der Waals surface area contributed by atoms with Crippen LogP contribution in [0.2, 0.25) is 0 Å². The number of likely N-dealkylation sites (tertiary alicyclic amines) is 1. The molecular formula is C18H25F3N2O2. The summed E-state index contributed by atoms with van der Waals surface area (Å²) < 4.78 is 39.1. The summed E-state index contributed by atoms with van der Waals surface area (Å²) in [7, 11) is 0. The van der Waals surface area contributed by atoms with Gasteiger partial charge in [0.05, 0.1) is 18.6 Å². The molecule has 140 valence electrons. The smallest absolute Gasteiger partial charge is 0.395 e. The Labute approximate surface area is 146 Å². The third-order valence-corrected chi connectivity index (χ3v) is 4.73. The molecule has 1 aromatic carbocycles. The summed E-state index contributed by atoms with van der Waals surface area (Å²) in [5, 5.41) is 12.0. The van der Waals surface area contributed by atoms with E-state index in [1.807, 2.05) is 0 Å². The van der Waals surface area contributed by atoms with E-state index in [4.69, 9.17) is 5.11 Å². The number of carbonyl (C=O) groups excluding carboxylic acids is 1. The van der Waals surface area contributed by atoms with Gasteiger partial charge in [-0.2, -0.15) is 13.2 Å². The normalized spacial score (nSPS) is 21.7. The molecule has 2 N–H and O–H groups in total. The van der Waals surface area contributed by atoms with Crippen LogP contribution in [0.15, 0.2) is 24.3 Å². The first kappa shape index (κ1) is 19.7. The number of rotatable bonds is 6. The summed E-state index contributed by atoms with van der Waals surface area (Å²) in [4.78, 5) is 14.4. The monoisotopic (exact) mass is 358 g/mol. The number of β-amino-alcohol motifs (C(OH)–C–C–N with tert-alkyl or cyclic N) is 1. The lowest BCUT2D eigenvalue weighted by atomic mass is 9.91. The molecule has 0 spiro atoms. The second kappa shape index (κ2) is 8.19. The van der Waals surface area contributed by atoms with E-state index in [0.29, 0.717) is 19.0 Å². The first-order valence-electron chi connectivity index (χ1n) is 8.50. The van der Waals surface area contributed by atoms with Gasteiger partial charge >= 0.3 is 6.18 Å². The van der Waals surface area contributed by atoms with Crippen LogP contribution in [0.25, 0.3) is 0 Å². The van der Waals surface area contributed by atoms with Crippen molar-refractivity contribution in [3.8, 4) is 0 Å². The van der Waals surface area contributed by atoms with Crippen LogP contribution in [0.1, 0.15) is 25.0 Å². The van der Waals surface area contributed by atoms with Crippen LogP contribution in [0.5, 0.6) is 0 Å². The maximum Gasteiger partial charge on any atom is 0.416 e. The lowest BCUT2D eigenvalue weighted by Crippen LogP contribution is -2.42. The lowest BCUT2D eigenvalue weighted by Gasteiger charge is -2.23. The molecule has 0 unspecified atom stereocenters. The Bertz CT molecular complexity index is 590. The van der Waals surface area contributed by atoms with Crippen molar-refractivity contribution in [2.24, 2.45) is 11.8 Å². The topological polar surface area (TPSA) is 52.6 Å². The van der Waals surface area contributed by atoms with Crippen molar-refractivity contribution < 1.29 is 23.1 Å². The van der Waals surface area contributed by atoms with Gasteiger partial charge in [-0.3, -0.25) is 9.69 Å². The van der Waals surface area contributed by atoms with Gasteiger partial charge in [-0.05, 0) is 23.5 Å². The van der Waals surface area contributed by atoms with Crippen LogP contribution < -0.4 is 5.32 Å². The van der Waals surface area contributed by atoms with Crippen molar-refractivity contribution in [3.05, 3.63) is 35.4 Å². The predicted molar refractivity (Wildman–Crippen MR) is 88.9 cm³/mol. The van der Waals surface area contributed by atoms with E-state index in [0.717, 1.165) is 12.6 Å². The van der Waals surface area contributed by atoms with E-state index in [2.05, 4.69) is 24.1 Å². The van der Waals surface area contributed by atoms with Gasteiger partial charge in [-0.15, -0.1) is 0 Å². The molecule has 1 aliphatic heterocycles. The van der Waals surface area contributed by atoms with Gasteiger partial charge in [0.2, 0.25) is 5.91 Å². The van der Waals surface area contributed by atoms with Crippen LogP contribution >= 0.6 is 0 Å². The third-order valence-electron chi connectivity index (χ3n) is 4.73. The minimum atomic E-state index is -4.47. The average Bonchev–Trinajstić information content (AvgIpc) is 2.89. The Balaban J connectivity index is 2.05. The number of halogens is 3. The van der Waals surface area contributed by atoms with E-state index in [9.17, 15) is 18.0 Å². The zero-order chi connectivity index (χ0) is 18.6. The van der Waals surface area contributed by atoms with Crippen molar-refractivity contribution in [1.82, 2.24) is 10.2 Å². The highest BCUT2D eigenvalue weighted by Crippen LogP contribution is 2.32. The van der Waals surface area contributed by atoms with Crippen molar-refractivity contribution in [3.63, 3.8) is 0 Å². The molecule has 0 saturated carbocycles. The molecule has 1 saturated heterocycles. The average molecular weight is 358 g/mol. The summed E-state index contributed by atoms with van der Waals surface area (Å²) in [5.41, 5.74) is -0.780. The van der Waals surface area contributed by atoms with Crippen LogP contribution in [0.3, 0.4) is 0 Å². The van der Waals surface area contributed by atoms with Crippen LogP contribution in [0.4, 0.5) is 13.2 Å². The second-order valence-corrected chi connectivity index (χ2v) is 6.90. The first-order chi connectivity index (χ1) is 11.7. The standard InChI is InChI=1S/C18H25F3N2O2/c1-12(2)14-10-23(7-8-24)11-16(14)22-17(25)9-13-5-3-4-6-15(13)18(19,20)21/h3-6,12,14,16,24H,7-11H2,1-2H3,(H,22,25)/t14-,16+/m1/s1. The van der Waals surface area contributed by atoms with Gasteiger partial charge in [-0.1, -0.05) is 32.0 Å². The Morgan fingerprint density at radius 3 is 2.60 bits per heavy atom. The summed E-state index contributed by atoms with van der Waals surface area (Å²) in [6.45, 7) is 6.08. The Kier molecular flexibility index (Phi) is 6.46. The Morgan fingerprint density at radius 2 is 2.00 bits per heavy atom. The van der Waals surface area contributed by atoms with E-state index in [-0.39, 0.29) is 30.6 Å². The number of aliphatic hydroxyl groups excluding tert-OH is 1. The molecule has 0 aromatic heterocycles. The summed E-state index contributed by atoms with van der Waals surface area (Å²) in [6, 6.07) is 5.06. The molecule has 1 heterocycles. The maximum atomic E-state index is 13.0. The molecule has 1 fully saturated rings. The summed E-state index contributed by atoms with van der Waals surface area (Å²) in [6.07, 6.45) is -4.76. The molecule has 1 aliphatic rings. The van der Waals surface area contributed by atoms with Crippen molar-refractivity contribution in [2.75, 3.05) is 26.2 Å². The molecule has 0 bridgehead atoms. The molecule has 4 nitrogen and oxygen atoms in total. The number of benzene rings is 1. The molecule has 2 atom stereocenters. The van der Waals surface area contributed by atoms with Gasteiger partial charge in [0.1, 0.15) is 0 Å². The number of nitrogens with zero attached hydrogens (tertiary/aromatic N) is 1. The summed E-state index contributed by atoms with van der Waals surface area (Å²) in [5.74, 6) is 0.142. The highest BCUT2D eigenvalue weighted by molar-refractivity contribution is 5.79. The SMILES string of the molecule is CC(C)[C@H]1CN(CCO)C[C@@H]1NC(=O)Cc1ccccc1C(F)(F)F. The van der Waals surface area contributed by atoms with Gasteiger partial charge in [0.25, 0.3) is 0 Å². The third kappa shape index (κ3) is 5.19. The molecule has 0 radical (unpaired) electrons. The second-order valence-electron chi connectivity index (χ2n) is 6.90. The molecule has 1 amide bonds. The van der Waals surface area contributed by atoms with Gasteiger partial charge < -0.3 is 10.4 Å². The molecule has 0 aliphatic carbocycles. The largest absolute Gasteiger partial charge is 0.416 e. The van der Waals surface area contributed by atoms with Gasteiger partial charge in [0, 0.05) is 25.7 Å². The van der Waals surface area contributed by atoms with Gasteiger partial charge in [0.15, 0.2) is 0 Å². The maximum absolute atomic E-state index is 13.0. The van der Waals surface area contributed by atoms with E-state index in [1.165, 1.54) is 18.2 Å². The van der Waals surface area contributed by atoms with Crippen molar-refractivity contribution in [1.29, 1.82) is 0 Å². The lowest BCUT2D eigenvalue weighted by molar-refractivity contribution is -0.138. The fourth-order valence-electron chi connectivity index (χ4n) is 3.45. The zero-order valence-electron chi connectivity index (χ0n) is 14.5. The quantitative estimate of drug-likeness (QED) is 0.821. The van der Waals surface area contributed by atoms with E-state index < -0.39 is 17.6 Å². The number of nitrogens with one attached hydrogen (secondary N) is 1. The highest BCUT2D eigenvalue weighted by Gasteiger charge is 2.36. The Morgan fingerprint density at radius 1 is 1.32 bits per heavy atom. The van der Waals surface area contributed by atoms with E-state index >= 15 is 0 Å². The van der Waals surface area contributed by atoms with Gasteiger partial charge in [-0.25, -0.2) is 0 Å². The first-order valence-corrected chi connectivity index (χ1v) is 8.50. The fourth-order valence-corrected chi connectivity index (χ4v) is 3.45. The van der Waals surface area contributed by atoms with Crippen LogP contribution in [-0.2, 0) is 17.4 Å². The minimum absolute atomic E-state index is 0.0150. The number of amides is 1. The summed E-state index contributed by atoms with van der Waals surface area (Å²) >= 11 is 0. The fraction of sp³-hybridized carbons (Fsp3) is 0.611. The molecule has 25 heavy (non-hydrogen) atoms. The molecule has 2 rings (SSSR count). The molecule has 1 aromatic rings. The number of aliphatic hydroxyl groups is 1. The number of alkyl halides is 3. The van der Waals surface area contributed by atoms with Crippen molar-refractivity contribution >= 4 is 5.91 Å². The van der Waals surface area contributed by atoms with E-state index in [1.54, 1.807) is 0 Å². The van der Waals surface area contributed by atoms with Crippen LogP contribution in [0, 0.1) is 11.8 Å². The predicted octanol–water partition coefficient (Wildman–Crippen LogP) is 2.31. The number of carbonyl (C=O) groups is 1. The molecular weight excluding hydrogens is 333 g/mol.